The van der Waals surface area contributed by atoms with Crippen molar-refractivity contribution >= 4 is 89.7 Å². The lowest BCUT2D eigenvalue weighted by atomic mass is 9.99. The van der Waals surface area contributed by atoms with E-state index < -0.39 is 24.4 Å². The maximum absolute atomic E-state index is 12.7. The number of β-amino-alcohol motifs (C(OH)–C–C–N with tert-alkyl or cyclic N) is 1. The molecule has 6 aromatic carbocycles. The van der Waals surface area contributed by atoms with Gasteiger partial charge in [-0.25, -0.2) is 0 Å². The maximum atomic E-state index is 12.7. The number of pyridine rings is 4. The molecule has 0 radical (unpaired) electrons. The second-order valence-corrected chi connectivity index (χ2v) is 28.5. The normalized spacial score (nSPS) is 13.6. The first kappa shape index (κ1) is 76.8. The van der Waals surface area contributed by atoms with Crippen molar-refractivity contribution in [3.63, 3.8) is 0 Å². The summed E-state index contributed by atoms with van der Waals surface area (Å²) in [4.78, 5) is 52.9. The van der Waals surface area contributed by atoms with Crippen LogP contribution in [0.4, 0.5) is 11.4 Å². The molecule has 15 rings (SSSR count). The SMILES string of the molecule is C#Cc1c(C)cc(=O)n2c3ccccc3n(CC(O)CCl)c12.C#Cc1c(C)cc(=O)n2c3ccccc3n(CC(O)CN3CCC(C)CC3)c12.C#Cc1c(C)cc(=O)n2c3ccccc3n(CC(O)CNc3ccc(CC)cc3)c12.Cc1ccc(NCC(O)Cn2c3ccccc3n3c(=O)cc(C)c(C#N)c23)cc1. The number of nitriles is 1. The van der Waals surface area contributed by atoms with Crippen molar-refractivity contribution in [3.8, 4) is 43.1 Å². The molecule has 556 valence electrons. The standard InChI is InChI=1S/C25H25N3O2.C23H22N4O2.C23H27N3O2.C17H15ClN2O2/c1-4-18-10-12-19(13-11-18)26-15-20(29)16-27-22-8-6-7-9-23(22)28-24(30)14-17(3)21(5-2)25(27)28;1-15-7-9-17(10-8-15)25-13-18(28)14-26-20-5-3-4-6-21(20)27-22(29)11-16(2)19(12-24)23(26)27;1-4-19-17(3)13-22(28)26-21-8-6-5-7-20(21)25(23(19)26)15-18(27)14-24-11-9-16(2)10-12-24;1-3-13-11(2)8-16(22)20-15-7-5-4-6-14(15)19(17(13)20)10-12(21)9-18/h2,6-14,20,26,29H,4,15-16H2,1,3H3;3-11,18,25,28H,13-14H2,1-2H3;1,5-8,13,16,18,27H,9-12,14-15H2,2-3H3;1,4-8,12,21H,9-10H2,2H3. The van der Waals surface area contributed by atoms with Crippen LogP contribution in [0, 0.1) is 88.9 Å². The Labute approximate surface area is 636 Å². The Morgan fingerprint density at radius 2 is 0.743 bits per heavy atom. The molecule has 8 aromatic heterocycles. The Morgan fingerprint density at radius 1 is 0.440 bits per heavy atom. The molecule has 1 aliphatic heterocycles. The van der Waals surface area contributed by atoms with Crippen LogP contribution in [0.25, 0.3) is 66.7 Å². The number of alkyl halides is 1. The Bertz CT molecular complexity index is 6170. The first-order valence-corrected chi connectivity index (χ1v) is 37.1. The number of piperidine rings is 1. The van der Waals surface area contributed by atoms with Gasteiger partial charge in [-0.2, -0.15) is 5.26 Å². The summed E-state index contributed by atoms with van der Waals surface area (Å²) in [5, 5.41) is 58.5. The van der Waals surface area contributed by atoms with Gasteiger partial charge in [0.15, 0.2) is 0 Å². The lowest BCUT2D eigenvalue weighted by Gasteiger charge is -2.31. The number of aliphatic hydroxyl groups excluding tert-OH is 4. The number of imidazole rings is 4. The van der Waals surface area contributed by atoms with Crippen LogP contribution in [-0.2, 0) is 32.6 Å². The quantitative estimate of drug-likeness (QED) is 0.0348. The molecule has 0 bridgehead atoms. The molecule has 1 saturated heterocycles. The Hall–Kier alpha value is -11.8. The minimum Gasteiger partial charge on any atom is -0.390 e. The zero-order valence-electron chi connectivity index (χ0n) is 62.2. The molecule has 0 saturated carbocycles. The van der Waals surface area contributed by atoms with E-state index in [0.717, 1.165) is 97.6 Å². The average molecular weight is 1480 g/mol. The van der Waals surface area contributed by atoms with E-state index in [1.807, 2.05) is 179 Å². The number of fused-ring (bicyclic) bond motifs is 12. The first-order chi connectivity index (χ1) is 52.6. The van der Waals surface area contributed by atoms with E-state index in [1.165, 1.54) is 36.1 Å². The topological polar surface area (TPSA) is 238 Å². The number of para-hydroxylation sites is 8. The number of nitrogens with zero attached hydrogens (tertiary/aromatic N) is 10. The first-order valence-electron chi connectivity index (χ1n) is 36.6. The van der Waals surface area contributed by atoms with Crippen molar-refractivity contribution in [2.24, 2.45) is 5.92 Å². The minimum absolute atomic E-state index is 0.0963. The van der Waals surface area contributed by atoms with Gasteiger partial charge in [0.25, 0.3) is 22.2 Å². The zero-order valence-corrected chi connectivity index (χ0v) is 63.0. The fraction of sp³-hybridized carbons (Fsp3) is 0.284. The van der Waals surface area contributed by atoms with Crippen LogP contribution in [0.2, 0.25) is 0 Å². The molecule has 4 atom stereocenters. The van der Waals surface area contributed by atoms with E-state index in [1.54, 1.807) is 36.7 Å². The van der Waals surface area contributed by atoms with Gasteiger partial charge in [0.2, 0.25) is 0 Å². The molecule has 21 heteroatoms. The van der Waals surface area contributed by atoms with Crippen molar-refractivity contribution < 1.29 is 20.4 Å². The lowest BCUT2D eigenvalue weighted by molar-refractivity contribution is 0.0816. The van der Waals surface area contributed by atoms with E-state index in [-0.39, 0.29) is 41.2 Å². The molecule has 0 spiro atoms. The summed E-state index contributed by atoms with van der Waals surface area (Å²) in [6.07, 6.45) is 18.0. The van der Waals surface area contributed by atoms with Crippen molar-refractivity contribution in [2.45, 2.75) is 118 Å². The summed E-state index contributed by atoms with van der Waals surface area (Å²) in [6.45, 7) is 18.4. The molecule has 14 aromatic rings. The van der Waals surface area contributed by atoms with E-state index in [2.05, 4.69) is 65.3 Å². The van der Waals surface area contributed by atoms with Gasteiger partial charge in [-0.15, -0.1) is 30.9 Å². The largest absolute Gasteiger partial charge is 0.390 e. The number of benzene rings is 6. The van der Waals surface area contributed by atoms with Gasteiger partial charge in [-0.1, -0.05) is 110 Å². The third-order valence-corrected chi connectivity index (χ3v) is 20.7. The van der Waals surface area contributed by atoms with Crippen molar-refractivity contribution in [3.05, 3.63) is 267 Å². The number of anilines is 2. The van der Waals surface area contributed by atoms with Crippen molar-refractivity contribution in [1.29, 1.82) is 5.26 Å². The Morgan fingerprint density at radius 3 is 1.06 bits per heavy atom. The average Bonchev–Trinajstić information content (AvgIpc) is 1.61. The number of nitrogens with one attached hydrogen (secondary N) is 2. The highest BCUT2D eigenvalue weighted by Crippen LogP contribution is 2.30. The maximum Gasteiger partial charge on any atom is 0.257 e. The number of rotatable bonds is 18. The van der Waals surface area contributed by atoms with Gasteiger partial charge in [0, 0.05) is 55.3 Å². The highest BCUT2D eigenvalue weighted by molar-refractivity contribution is 6.18. The lowest BCUT2D eigenvalue weighted by Crippen LogP contribution is -2.39. The van der Waals surface area contributed by atoms with Crippen molar-refractivity contribution in [2.75, 3.05) is 49.2 Å². The molecule has 109 heavy (non-hydrogen) atoms. The molecule has 20 nitrogen and oxygen atoms in total. The number of terminal acetylenes is 3. The summed E-state index contributed by atoms with van der Waals surface area (Å²) >= 11 is 5.74. The molecule has 1 aliphatic rings. The van der Waals surface area contributed by atoms with Crippen LogP contribution >= 0.6 is 11.6 Å². The van der Waals surface area contributed by atoms with Gasteiger partial charge in [0.1, 0.15) is 28.7 Å². The number of aliphatic hydroxyl groups is 4. The predicted octanol–water partition coefficient (Wildman–Crippen LogP) is 11.6. The molecule has 9 heterocycles. The molecule has 0 amide bonds. The molecule has 1 fully saturated rings. The molecular weight excluding hydrogens is 1390 g/mol. The fourth-order valence-corrected chi connectivity index (χ4v) is 14.9. The van der Waals surface area contributed by atoms with Crippen LogP contribution in [0.15, 0.2) is 189 Å². The Balaban J connectivity index is 0.000000136. The third kappa shape index (κ3) is 15.8. The number of hydrogen-bond acceptors (Lipinski definition) is 12. The zero-order chi connectivity index (χ0) is 77.5. The summed E-state index contributed by atoms with van der Waals surface area (Å²) in [5.74, 6) is 9.02. The summed E-state index contributed by atoms with van der Waals surface area (Å²) in [5.41, 5.74) is 18.2. The highest BCUT2D eigenvalue weighted by atomic mass is 35.5. The van der Waals surface area contributed by atoms with E-state index in [0.29, 0.717) is 83.1 Å². The fourth-order valence-electron chi connectivity index (χ4n) is 14.8. The van der Waals surface area contributed by atoms with Gasteiger partial charge >= 0.3 is 0 Å². The van der Waals surface area contributed by atoms with Crippen molar-refractivity contribution in [1.82, 2.24) is 40.8 Å². The van der Waals surface area contributed by atoms with Crippen LogP contribution < -0.4 is 32.9 Å². The van der Waals surface area contributed by atoms with Gasteiger partial charge in [0.05, 0.1) is 123 Å². The summed E-state index contributed by atoms with van der Waals surface area (Å²) in [6, 6.07) is 55.0. The van der Waals surface area contributed by atoms with Gasteiger partial charge in [-0.3, -0.25) is 36.8 Å². The number of hydrogen-bond donors (Lipinski definition) is 6. The van der Waals surface area contributed by atoms with E-state index >= 15 is 0 Å². The second kappa shape index (κ2) is 33.5. The van der Waals surface area contributed by atoms with Crippen LogP contribution in [0.1, 0.15) is 82.3 Å². The molecular formula is C88H89ClN12O8. The van der Waals surface area contributed by atoms with Gasteiger partial charge in [-0.05, 0) is 174 Å². The molecule has 0 aliphatic carbocycles. The minimum atomic E-state index is -0.720. The van der Waals surface area contributed by atoms with Crippen LogP contribution in [0.5, 0.6) is 0 Å². The number of likely N-dealkylation sites (tertiary alicyclic amines) is 1. The summed E-state index contributed by atoms with van der Waals surface area (Å²) < 4.78 is 14.2. The van der Waals surface area contributed by atoms with E-state index in [4.69, 9.17) is 30.9 Å². The highest BCUT2D eigenvalue weighted by Gasteiger charge is 2.26. The number of halogens is 1. The smallest absolute Gasteiger partial charge is 0.257 e. The predicted molar refractivity (Wildman–Crippen MR) is 438 cm³/mol. The van der Waals surface area contributed by atoms with E-state index in [9.17, 15) is 44.9 Å². The Kier molecular flexibility index (Phi) is 23.6. The molecule has 6 N–H and O–H groups in total. The van der Waals surface area contributed by atoms with Gasteiger partial charge < -0.3 is 54.2 Å². The third-order valence-electron chi connectivity index (χ3n) is 20.4. The van der Waals surface area contributed by atoms with Crippen LogP contribution in [-0.4, -0.2) is 124 Å². The summed E-state index contributed by atoms with van der Waals surface area (Å²) in [7, 11) is 0. The van der Waals surface area contributed by atoms with Crippen LogP contribution in [0.3, 0.4) is 0 Å². The number of aromatic nitrogens is 8. The molecule has 4 unspecified atom stereocenters. The second-order valence-electron chi connectivity index (χ2n) is 28.2. The monoisotopic (exact) mass is 1480 g/mol. The number of aryl methyl sites for hydroxylation is 6.